The summed E-state index contributed by atoms with van der Waals surface area (Å²) in [5.74, 6) is 0.344. The molecule has 2 aromatic carbocycles. The highest BCUT2D eigenvalue weighted by atomic mass is 16.5. The third kappa shape index (κ3) is 3.23. The van der Waals surface area contributed by atoms with Gasteiger partial charge in [0, 0.05) is 35.5 Å². The normalized spacial score (nSPS) is 15.1. The number of fused-ring (bicyclic) bond motifs is 4. The molecule has 1 atom stereocenters. The number of carbonyl (C=O) groups is 1. The zero-order valence-corrected chi connectivity index (χ0v) is 18.8. The smallest absolute Gasteiger partial charge is 0.312 e. The number of hydrogen-bond acceptors (Lipinski definition) is 8. The minimum absolute atomic E-state index is 0.0519. The Balaban J connectivity index is 1.62. The number of ether oxygens (including phenoxy) is 3. The van der Waals surface area contributed by atoms with Gasteiger partial charge in [0.15, 0.2) is 5.65 Å². The van der Waals surface area contributed by atoms with Crippen molar-refractivity contribution in [3.8, 4) is 28.4 Å². The summed E-state index contributed by atoms with van der Waals surface area (Å²) in [5.41, 5.74) is 3.02. The van der Waals surface area contributed by atoms with Crippen LogP contribution in [0.15, 0.2) is 70.5 Å². The van der Waals surface area contributed by atoms with Crippen LogP contribution in [0, 0.1) is 0 Å². The predicted molar refractivity (Wildman–Crippen MR) is 126 cm³/mol. The highest BCUT2D eigenvalue weighted by Gasteiger charge is 2.35. The summed E-state index contributed by atoms with van der Waals surface area (Å²) in [6.45, 7) is 0. The van der Waals surface area contributed by atoms with Crippen LogP contribution in [0.3, 0.4) is 0 Å². The van der Waals surface area contributed by atoms with E-state index in [1.165, 1.54) is 13.4 Å². The maximum atomic E-state index is 13.7. The molecule has 0 saturated heterocycles. The Labute approximate surface area is 198 Å². The Bertz CT molecular complexity index is 1670. The third-order valence-corrected chi connectivity index (χ3v) is 6.26. The summed E-state index contributed by atoms with van der Waals surface area (Å²) in [7, 11) is 3.04. The maximum Gasteiger partial charge on any atom is 0.312 e. The van der Waals surface area contributed by atoms with E-state index >= 15 is 0 Å². The van der Waals surface area contributed by atoms with Crippen LogP contribution in [-0.2, 0) is 4.79 Å². The number of esters is 1. The van der Waals surface area contributed by atoms with Gasteiger partial charge in [0.05, 0.1) is 32.4 Å². The Morgan fingerprint density at radius 2 is 1.94 bits per heavy atom. The predicted octanol–water partition coefficient (Wildman–Crippen LogP) is 3.96. The minimum atomic E-state index is -0.470. The summed E-state index contributed by atoms with van der Waals surface area (Å²) in [4.78, 5) is 30.7. The van der Waals surface area contributed by atoms with Gasteiger partial charge in [0.2, 0.25) is 5.43 Å². The molecule has 1 aliphatic rings. The summed E-state index contributed by atoms with van der Waals surface area (Å²) >= 11 is 0. The van der Waals surface area contributed by atoms with Crippen LogP contribution in [0.4, 0.5) is 0 Å². The molecule has 35 heavy (non-hydrogen) atoms. The molecule has 0 bridgehead atoms. The van der Waals surface area contributed by atoms with Gasteiger partial charge in [0.1, 0.15) is 34.5 Å². The van der Waals surface area contributed by atoms with Crippen LogP contribution < -0.4 is 19.6 Å². The van der Waals surface area contributed by atoms with Crippen LogP contribution in [0.2, 0.25) is 0 Å². The van der Waals surface area contributed by atoms with E-state index in [-0.39, 0.29) is 28.7 Å². The van der Waals surface area contributed by atoms with E-state index in [1.54, 1.807) is 66.6 Å². The monoisotopic (exact) mass is 469 g/mol. The van der Waals surface area contributed by atoms with Gasteiger partial charge in [-0.1, -0.05) is 12.1 Å². The maximum absolute atomic E-state index is 13.7. The Morgan fingerprint density at radius 1 is 1.11 bits per heavy atom. The van der Waals surface area contributed by atoms with Crippen LogP contribution >= 0.6 is 0 Å². The van der Waals surface area contributed by atoms with Crippen molar-refractivity contribution in [1.82, 2.24) is 14.6 Å². The zero-order chi connectivity index (χ0) is 24.1. The van der Waals surface area contributed by atoms with Crippen molar-refractivity contribution in [2.45, 2.75) is 12.3 Å². The van der Waals surface area contributed by atoms with Crippen molar-refractivity contribution in [3.05, 3.63) is 82.6 Å². The van der Waals surface area contributed by atoms with Gasteiger partial charge in [-0.3, -0.25) is 9.59 Å². The zero-order valence-electron chi connectivity index (χ0n) is 18.8. The molecular formula is C26H19N3O6. The highest BCUT2D eigenvalue weighted by molar-refractivity contribution is 5.94. The molecule has 0 amide bonds. The van der Waals surface area contributed by atoms with Crippen LogP contribution in [0.25, 0.3) is 27.7 Å². The highest BCUT2D eigenvalue weighted by Crippen LogP contribution is 2.46. The molecule has 0 fully saturated rings. The molecule has 0 aliphatic carbocycles. The molecule has 9 heteroatoms. The van der Waals surface area contributed by atoms with Gasteiger partial charge < -0.3 is 18.6 Å². The Hall–Kier alpha value is -4.66. The largest absolute Gasteiger partial charge is 0.497 e. The van der Waals surface area contributed by atoms with Gasteiger partial charge in [-0.05, 0) is 23.8 Å². The number of nitrogens with zero attached hydrogens (tertiary/aromatic N) is 3. The first-order valence-electron chi connectivity index (χ1n) is 10.9. The molecule has 0 saturated carbocycles. The lowest BCUT2D eigenvalue weighted by atomic mass is 9.86. The Kier molecular flexibility index (Phi) is 4.77. The quantitative estimate of drug-likeness (QED) is 0.288. The number of benzene rings is 2. The molecule has 0 N–H and O–H groups in total. The second-order valence-electron chi connectivity index (χ2n) is 8.12. The van der Waals surface area contributed by atoms with Gasteiger partial charge in [-0.15, -0.1) is 0 Å². The average molecular weight is 469 g/mol. The fraction of sp³-hybridized carbons (Fsp3) is 0.154. The molecule has 1 aliphatic heterocycles. The number of hydrogen-bond donors (Lipinski definition) is 0. The summed E-state index contributed by atoms with van der Waals surface area (Å²) in [5, 5.41) is 4.64. The third-order valence-electron chi connectivity index (χ3n) is 6.26. The van der Waals surface area contributed by atoms with Crippen LogP contribution in [0.1, 0.15) is 23.5 Å². The number of aromatic nitrogens is 3. The van der Waals surface area contributed by atoms with E-state index in [1.807, 2.05) is 0 Å². The number of rotatable bonds is 4. The van der Waals surface area contributed by atoms with Gasteiger partial charge in [-0.25, -0.2) is 9.50 Å². The molecular weight excluding hydrogens is 450 g/mol. The fourth-order valence-corrected chi connectivity index (χ4v) is 4.61. The van der Waals surface area contributed by atoms with E-state index in [9.17, 15) is 9.59 Å². The van der Waals surface area contributed by atoms with Crippen molar-refractivity contribution in [3.63, 3.8) is 0 Å². The van der Waals surface area contributed by atoms with E-state index in [4.69, 9.17) is 18.6 Å². The topological polar surface area (TPSA) is 105 Å². The molecule has 0 spiro atoms. The first-order valence-corrected chi connectivity index (χ1v) is 10.9. The lowest BCUT2D eigenvalue weighted by molar-refractivity contribution is -0.135. The number of methoxy groups -OCH3 is 2. The van der Waals surface area contributed by atoms with Crippen molar-refractivity contribution in [2.24, 2.45) is 0 Å². The molecule has 4 heterocycles. The summed E-state index contributed by atoms with van der Waals surface area (Å²) < 4.78 is 24.0. The molecule has 3 aromatic heterocycles. The average Bonchev–Trinajstić information content (AvgIpc) is 3.32. The standard InChI is InChI=1S/C26H19N3O6/c1-32-15-6-4-14(5-7-15)18-13-34-25-22-16(17-12-28-29-9-3-8-27-26(17)29)10-21(30)35-20(22)11-19(33-2)23(25)24(18)31/h3-9,11-13,16H,10H2,1-2H3/t16-/m0/s1. The molecule has 6 rings (SSSR count). The van der Waals surface area contributed by atoms with Crippen LogP contribution in [0.5, 0.6) is 17.2 Å². The van der Waals surface area contributed by atoms with Crippen molar-refractivity contribution in [1.29, 1.82) is 0 Å². The molecule has 174 valence electrons. The second-order valence-corrected chi connectivity index (χ2v) is 8.12. The van der Waals surface area contributed by atoms with Gasteiger partial charge in [0.25, 0.3) is 0 Å². The SMILES string of the molecule is COc1ccc(-c2coc3c4c(cc(OC)c3c2=O)OC(=O)C[C@H]4c2cnn3cccnc23)cc1. The van der Waals surface area contributed by atoms with E-state index in [0.717, 1.165) is 5.56 Å². The molecule has 9 nitrogen and oxygen atoms in total. The van der Waals surface area contributed by atoms with Crippen LogP contribution in [-0.4, -0.2) is 34.8 Å². The van der Waals surface area contributed by atoms with E-state index in [0.29, 0.717) is 33.7 Å². The van der Waals surface area contributed by atoms with Gasteiger partial charge >= 0.3 is 5.97 Å². The van der Waals surface area contributed by atoms with E-state index < -0.39 is 11.9 Å². The summed E-state index contributed by atoms with van der Waals surface area (Å²) in [6.07, 6.45) is 6.59. The van der Waals surface area contributed by atoms with Crippen molar-refractivity contribution >= 4 is 22.6 Å². The van der Waals surface area contributed by atoms with Crippen molar-refractivity contribution < 1.29 is 23.4 Å². The van der Waals surface area contributed by atoms with E-state index in [2.05, 4.69) is 10.1 Å². The Morgan fingerprint density at radius 3 is 2.71 bits per heavy atom. The number of carbonyl (C=O) groups excluding carboxylic acids is 1. The summed E-state index contributed by atoms with van der Waals surface area (Å²) in [6, 6.07) is 10.5. The lowest BCUT2D eigenvalue weighted by Gasteiger charge is -2.25. The lowest BCUT2D eigenvalue weighted by Crippen LogP contribution is -2.22. The van der Waals surface area contributed by atoms with Crippen molar-refractivity contribution in [2.75, 3.05) is 14.2 Å². The first kappa shape index (κ1) is 20.9. The minimum Gasteiger partial charge on any atom is -0.497 e. The molecule has 0 radical (unpaired) electrons. The fourth-order valence-electron chi connectivity index (χ4n) is 4.61. The second kappa shape index (κ2) is 7.98. The molecule has 0 unspecified atom stereocenters. The molecule has 5 aromatic rings. The first-order chi connectivity index (χ1) is 17.1. The van der Waals surface area contributed by atoms with Gasteiger partial charge in [-0.2, -0.15) is 5.10 Å².